The van der Waals surface area contributed by atoms with E-state index in [0.29, 0.717) is 6.61 Å². The maximum absolute atomic E-state index is 13.6. The minimum Gasteiger partial charge on any atom is -0.368 e. The standard InChI is InChI=1S/C28H27FN2O/c1-31(2)14-13-26(19-7-10-23(29)11-8-19)28-25-12-9-20(15-22(25)18-32-28)27-17-30-16-21-5-3-4-6-24(21)27/h3-12,15-17,26,28H,13-14,18H2,1-2H3. The molecule has 4 aromatic rings. The Labute approximate surface area is 188 Å². The first-order chi connectivity index (χ1) is 15.6. The third-order valence-corrected chi connectivity index (χ3v) is 6.40. The Balaban J connectivity index is 1.50. The Hall–Kier alpha value is -3.08. The molecule has 2 unspecified atom stereocenters. The zero-order valence-electron chi connectivity index (χ0n) is 18.5. The normalized spacial score (nSPS) is 16.4. The fourth-order valence-electron chi connectivity index (χ4n) is 4.72. The van der Waals surface area contributed by atoms with Crippen LogP contribution in [0.2, 0.25) is 0 Å². The summed E-state index contributed by atoms with van der Waals surface area (Å²) < 4.78 is 19.9. The molecular formula is C28H27FN2O. The predicted molar refractivity (Wildman–Crippen MR) is 127 cm³/mol. The van der Waals surface area contributed by atoms with Crippen LogP contribution < -0.4 is 0 Å². The van der Waals surface area contributed by atoms with Crippen molar-refractivity contribution in [2.45, 2.75) is 25.0 Å². The summed E-state index contributed by atoms with van der Waals surface area (Å²) in [6.45, 7) is 1.53. The number of halogens is 1. The quantitative estimate of drug-likeness (QED) is 0.359. The molecule has 4 heteroatoms. The lowest BCUT2D eigenvalue weighted by atomic mass is 9.85. The van der Waals surface area contributed by atoms with Crippen LogP contribution >= 0.6 is 0 Å². The number of aromatic nitrogens is 1. The molecule has 1 aliphatic heterocycles. The van der Waals surface area contributed by atoms with Gasteiger partial charge < -0.3 is 9.64 Å². The minimum absolute atomic E-state index is 0.0323. The van der Waals surface area contributed by atoms with E-state index in [-0.39, 0.29) is 17.8 Å². The van der Waals surface area contributed by atoms with E-state index >= 15 is 0 Å². The molecule has 0 saturated carbocycles. The van der Waals surface area contributed by atoms with Crippen molar-refractivity contribution in [2.75, 3.05) is 20.6 Å². The van der Waals surface area contributed by atoms with Gasteiger partial charge in [-0.1, -0.05) is 48.5 Å². The summed E-state index contributed by atoms with van der Waals surface area (Å²) in [4.78, 5) is 6.63. The molecule has 3 aromatic carbocycles. The Bertz CT molecular complexity index is 1230. The van der Waals surface area contributed by atoms with E-state index in [1.807, 2.05) is 30.6 Å². The van der Waals surface area contributed by atoms with Gasteiger partial charge in [-0.2, -0.15) is 0 Å². The summed E-state index contributed by atoms with van der Waals surface area (Å²) in [5.41, 5.74) is 5.86. The van der Waals surface area contributed by atoms with Crippen LogP contribution in [0.3, 0.4) is 0 Å². The van der Waals surface area contributed by atoms with Crippen LogP contribution in [0.1, 0.15) is 35.1 Å². The van der Waals surface area contributed by atoms with Crippen molar-refractivity contribution in [3.8, 4) is 11.1 Å². The summed E-state index contributed by atoms with van der Waals surface area (Å²) in [7, 11) is 4.16. The van der Waals surface area contributed by atoms with E-state index in [1.165, 1.54) is 16.5 Å². The van der Waals surface area contributed by atoms with Gasteiger partial charge >= 0.3 is 0 Å². The molecular weight excluding hydrogens is 399 g/mol. The van der Waals surface area contributed by atoms with E-state index in [4.69, 9.17) is 4.74 Å². The molecule has 0 radical (unpaired) electrons. The molecule has 32 heavy (non-hydrogen) atoms. The average Bonchev–Trinajstić information content (AvgIpc) is 3.23. The fourth-order valence-corrected chi connectivity index (χ4v) is 4.72. The highest BCUT2D eigenvalue weighted by Crippen LogP contribution is 2.44. The fraction of sp³-hybridized carbons (Fsp3) is 0.250. The lowest BCUT2D eigenvalue weighted by Gasteiger charge is -2.26. The highest BCUT2D eigenvalue weighted by Gasteiger charge is 2.32. The van der Waals surface area contributed by atoms with Gasteiger partial charge in [0.25, 0.3) is 0 Å². The number of hydrogen-bond donors (Lipinski definition) is 0. The first-order valence-corrected chi connectivity index (χ1v) is 11.1. The van der Waals surface area contributed by atoms with Crippen molar-refractivity contribution in [1.82, 2.24) is 9.88 Å². The number of ether oxygens (including phenoxy) is 1. The predicted octanol–water partition coefficient (Wildman–Crippen LogP) is 6.35. The second kappa shape index (κ2) is 8.81. The zero-order chi connectivity index (χ0) is 22.1. The van der Waals surface area contributed by atoms with Crippen molar-refractivity contribution >= 4 is 10.8 Å². The van der Waals surface area contributed by atoms with Crippen LogP contribution in [0.5, 0.6) is 0 Å². The van der Waals surface area contributed by atoms with E-state index < -0.39 is 0 Å². The van der Waals surface area contributed by atoms with Crippen molar-refractivity contribution in [3.05, 3.63) is 102 Å². The van der Waals surface area contributed by atoms with E-state index in [0.717, 1.165) is 35.0 Å². The van der Waals surface area contributed by atoms with Gasteiger partial charge in [-0.05, 0) is 72.9 Å². The van der Waals surface area contributed by atoms with Crippen LogP contribution in [0.4, 0.5) is 4.39 Å². The molecule has 5 rings (SSSR count). The summed E-state index contributed by atoms with van der Waals surface area (Å²) >= 11 is 0. The Morgan fingerprint density at radius 2 is 1.84 bits per heavy atom. The van der Waals surface area contributed by atoms with E-state index in [2.05, 4.69) is 60.4 Å². The first kappa shape index (κ1) is 20.8. The van der Waals surface area contributed by atoms with Gasteiger partial charge in [-0.25, -0.2) is 4.39 Å². The molecule has 1 aromatic heterocycles. The lowest BCUT2D eigenvalue weighted by molar-refractivity contribution is 0.0420. The maximum atomic E-state index is 13.6. The van der Waals surface area contributed by atoms with Gasteiger partial charge in [0.05, 0.1) is 12.7 Å². The van der Waals surface area contributed by atoms with Crippen LogP contribution in [0, 0.1) is 5.82 Å². The molecule has 0 N–H and O–H groups in total. The van der Waals surface area contributed by atoms with Gasteiger partial charge in [0.1, 0.15) is 5.82 Å². The Kier molecular flexibility index (Phi) is 5.73. The van der Waals surface area contributed by atoms with Gasteiger partial charge in [0.2, 0.25) is 0 Å². The number of pyridine rings is 1. The molecule has 0 amide bonds. The van der Waals surface area contributed by atoms with E-state index in [9.17, 15) is 4.39 Å². The molecule has 162 valence electrons. The van der Waals surface area contributed by atoms with Crippen LogP contribution in [0.15, 0.2) is 79.1 Å². The SMILES string of the molecule is CN(C)CCC(c1ccc(F)cc1)C1OCc2cc(-c3cncc4ccccc34)ccc21. The molecule has 0 saturated heterocycles. The van der Waals surface area contributed by atoms with Crippen LogP contribution in [0.25, 0.3) is 21.9 Å². The third-order valence-electron chi connectivity index (χ3n) is 6.40. The molecule has 2 atom stereocenters. The topological polar surface area (TPSA) is 25.4 Å². The van der Waals surface area contributed by atoms with Crippen molar-refractivity contribution in [2.24, 2.45) is 0 Å². The molecule has 0 spiro atoms. The molecule has 0 aliphatic carbocycles. The third kappa shape index (κ3) is 4.04. The van der Waals surface area contributed by atoms with Crippen LogP contribution in [-0.4, -0.2) is 30.5 Å². The smallest absolute Gasteiger partial charge is 0.123 e. The monoisotopic (exact) mass is 426 g/mol. The number of fused-ring (bicyclic) bond motifs is 2. The number of nitrogens with zero attached hydrogens (tertiary/aromatic N) is 2. The van der Waals surface area contributed by atoms with Crippen molar-refractivity contribution in [3.63, 3.8) is 0 Å². The summed E-state index contributed by atoms with van der Waals surface area (Å²) in [6.07, 6.45) is 4.76. The van der Waals surface area contributed by atoms with Crippen molar-refractivity contribution < 1.29 is 9.13 Å². The molecule has 1 aliphatic rings. The van der Waals surface area contributed by atoms with Gasteiger partial charge in [0.15, 0.2) is 0 Å². The summed E-state index contributed by atoms with van der Waals surface area (Å²) in [5.74, 6) is -0.0366. The van der Waals surface area contributed by atoms with Gasteiger partial charge in [-0.15, -0.1) is 0 Å². The molecule has 2 heterocycles. The molecule has 3 nitrogen and oxygen atoms in total. The van der Waals surface area contributed by atoms with Gasteiger partial charge in [-0.3, -0.25) is 4.98 Å². The summed E-state index contributed by atoms with van der Waals surface area (Å²) in [5, 5.41) is 2.34. The minimum atomic E-state index is -0.207. The molecule has 0 bridgehead atoms. The maximum Gasteiger partial charge on any atom is 0.123 e. The first-order valence-electron chi connectivity index (χ1n) is 11.1. The van der Waals surface area contributed by atoms with E-state index in [1.54, 1.807) is 12.1 Å². The number of rotatable bonds is 6. The highest BCUT2D eigenvalue weighted by atomic mass is 19.1. The highest BCUT2D eigenvalue weighted by molar-refractivity contribution is 5.95. The second-order valence-corrected chi connectivity index (χ2v) is 8.80. The Morgan fingerprint density at radius 1 is 1.03 bits per heavy atom. The van der Waals surface area contributed by atoms with Crippen molar-refractivity contribution in [1.29, 1.82) is 0 Å². The Morgan fingerprint density at radius 3 is 2.66 bits per heavy atom. The number of hydrogen-bond acceptors (Lipinski definition) is 3. The average molecular weight is 427 g/mol. The van der Waals surface area contributed by atoms with Crippen LogP contribution in [-0.2, 0) is 11.3 Å². The number of benzene rings is 3. The largest absolute Gasteiger partial charge is 0.368 e. The molecule has 0 fully saturated rings. The zero-order valence-corrected chi connectivity index (χ0v) is 18.5. The van der Waals surface area contributed by atoms with Gasteiger partial charge in [0, 0.05) is 29.3 Å². The lowest BCUT2D eigenvalue weighted by Crippen LogP contribution is -2.19. The summed E-state index contributed by atoms with van der Waals surface area (Å²) in [6, 6.07) is 21.9. The second-order valence-electron chi connectivity index (χ2n) is 8.80.